The second-order valence-electron chi connectivity index (χ2n) is 12.8. The first-order chi connectivity index (χ1) is 21.1. The molecule has 0 aromatic heterocycles. The molecule has 2 aliphatic rings. The summed E-state index contributed by atoms with van der Waals surface area (Å²) >= 11 is 0. The SMILES string of the molecule is CCCCC1=Cc2c(-c3ccc(C)cc3)cccc2C1C[Si]CC1C(CCCC)=Cc2c(-c3ccc(C)cc3)cccc21.[Zr]. The predicted octanol–water partition coefficient (Wildman–Crippen LogP) is 12.2. The van der Waals surface area contributed by atoms with E-state index in [4.69, 9.17) is 0 Å². The third kappa shape index (κ3) is 6.98. The summed E-state index contributed by atoms with van der Waals surface area (Å²) in [5.74, 6) is 1.13. The van der Waals surface area contributed by atoms with Crippen molar-refractivity contribution < 1.29 is 26.2 Å². The number of aryl methyl sites for hydroxylation is 2. The summed E-state index contributed by atoms with van der Waals surface area (Å²) in [7, 11) is 0.948. The van der Waals surface area contributed by atoms with Crippen LogP contribution in [0.3, 0.4) is 0 Å². The fraction of sp³-hybridized carbons (Fsp3) is 0.333. The Hall–Kier alpha value is -2.54. The molecule has 4 aromatic rings. The van der Waals surface area contributed by atoms with Gasteiger partial charge in [-0.25, -0.2) is 0 Å². The Balaban J connectivity index is 0.00000384. The molecule has 0 saturated carbocycles. The Morgan fingerprint density at radius 2 is 0.955 bits per heavy atom. The number of hydrogen-bond acceptors (Lipinski definition) is 0. The average molecular weight is 670 g/mol. The van der Waals surface area contributed by atoms with Crippen molar-refractivity contribution >= 4 is 21.7 Å². The normalized spacial score (nSPS) is 16.6. The van der Waals surface area contributed by atoms with E-state index in [9.17, 15) is 0 Å². The van der Waals surface area contributed by atoms with Gasteiger partial charge in [-0.05, 0) is 84.0 Å². The van der Waals surface area contributed by atoms with Crippen LogP contribution in [0.4, 0.5) is 0 Å². The molecule has 2 radical (unpaired) electrons. The van der Waals surface area contributed by atoms with E-state index in [2.05, 4.69) is 125 Å². The quantitative estimate of drug-likeness (QED) is 0.132. The molecule has 0 saturated heterocycles. The van der Waals surface area contributed by atoms with Gasteiger partial charge in [-0.2, -0.15) is 0 Å². The summed E-state index contributed by atoms with van der Waals surface area (Å²) in [6, 6.07) is 34.8. The minimum Gasteiger partial charge on any atom is -0.0654 e. The molecular weight excluding hydrogens is 624 g/mol. The molecule has 44 heavy (non-hydrogen) atoms. The second-order valence-corrected chi connectivity index (χ2v) is 14.1. The minimum absolute atomic E-state index is 0. The second kappa shape index (κ2) is 15.2. The van der Waals surface area contributed by atoms with Crippen LogP contribution in [-0.4, -0.2) is 9.52 Å². The summed E-state index contributed by atoms with van der Waals surface area (Å²) in [6.45, 7) is 9.00. The van der Waals surface area contributed by atoms with Gasteiger partial charge in [-0.3, -0.25) is 0 Å². The Morgan fingerprint density at radius 1 is 0.545 bits per heavy atom. The van der Waals surface area contributed by atoms with Gasteiger partial charge in [-0.1, -0.05) is 158 Å². The Bertz CT molecular complexity index is 1500. The van der Waals surface area contributed by atoms with E-state index in [1.165, 1.54) is 95.1 Å². The summed E-state index contributed by atoms with van der Waals surface area (Å²) in [5, 5.41) is 0. The molecule has 0 heterocycles. The number of allylic oxidation sites excluding steroid dienone is 2. The van der Waals surface area contributed by atoms with Crippen molar-refractivity contribution in [2.45, 2.75) is 90.1 Å². The van der Waals surface area contributed by atoms with Gasteiger partial charge in [0.15, 0.2) is 0 Å². The van der Waals surface area contributed by atoms with Crippen molar-refractivity contribution in [2.75, 3.05) is 0 Å². The van der Waals surface area contributed by atoms with Crippen LogP contribution in [0.25, 0.3) is 34.4 Å². The van der Waals surface area contributed by atoms with E-state index in [1.807, 2.05) is 0 Å². The number of benzene rings is 4. The van der Waals surface area contributed by atoms with Gasteiger partial charge >= 0.3 is 0 Å². The summed E-state index contributed by atoms with van der Waals surface area (Å²) in [5.41, 5.74) is 17.5. The largest absolute Gasteiger partial charge is 0.0654 e. The summed E-state index contributed by atoms with van der Waals surface area (Å²) in [4.78, 5) is 0. The Kier molecular flexibility index (Phi) is 11.3. The fourth-order valence-electron chi connectivity index (χ4n) is 7.15. The summed E-state index contributed by atoms with van der Waals surface area (Å²) in [6.07, 6.45) is 12.6. The van der Waals surface area contributed by atoms with Crippen LogP contribution in [0.15, 0.2) is 96.1 Å². The number of rotatable bonds is 12. The molecule has 0 bridgehead atoms. The maximum absolute atomic E-state index is 2.57. The topological polar surface area (TPSA) is 0 Å². The van der Waals surface area contributed by atoms with E-state index in [0.717, 1.165) is 9.52 Å². The monoisotopic (exact) mass is 668 g/mol. The van der Waals surface area contributed by atoms with E-state index in [-0.39, 0.29) is 26.2 Å². The van der Waals surface area contributed by atoms with Crippen LogP contribution >= 0.6 is 0 Å². The first kappa shape index (κ1) is 32.8. The predicted molar refractivity (Wildman–Crippen MR) is 189 cm³/mol. The first-order valence-corrected chi connectivity index (χ1v) is 18.0. The van der Waals surface area contributed by atoms with Crippen LogP contribution in [-0.2, 0) is 26.2 Å². The van der Waals surface area contributed by atoms with Crippen molar-refractivity contribution in [1.82, 2.24) is 0 Å². The van der Waals surface area contributed by atoms with Crippen molar-refractivity contribution in [3.63, 3.8) is 0 Å². The van der Waals surface area contributed by atoms with E-state index >= 15 is 0 Å². The smallest absolute Gasteiger partial charge is 0.0397 e. The molecule has 0 aliphatic heterocycles. The van der Waals surface area contributed by atoms with Crippen LogP contribution in [0.2, 0.25) is 12.1 Å². The molecule has 0 N–H and O–H groups in total. The molecule has 6 rings (SSSR count). The zero-order valence-corrected chi connectivity index (χ0v) is 30.5. The molecule has 0 amide bonds. The van der Waals surface area contributed by atoms with Gasteiger partial charge in [0.25, 0.3) is 0 Å². The first-order valence-electron chi connectivity index (χ1n) is 16.6. The van der Waals surface area contributed by atoms with E-state index in [0.29, 0.717) is 11.8 Å². The van der Waals surface area contributed by atoms with Crippen molar-refractivity contribution in [2.24, 2.45) is 0 Å². The molecule has 0 nitrogen and oxygen atoms in total. The van der Waals surface area contributed by atoms with Gasteiger partial charge in [0.05, 0.1) is 0 Å². The molecule has 2 unspecified atom stereocenters. The van der Waals surface area contributed by atoms with Gasteiger partial charge in [0.2, 0.25) is 0 Å². The number of hydrogen-bond donors (Lipinski definition) is 0. The van der Waals surface area contributed by atoms with Crippen LogP contribution in [0.1, 0.15) is 97.6 Å². The molecular formula is C42H46SiZr. The van der Waals surface area contributed by atoms with Gasteiger partial charge in [-0.15, -0.1) is 0 Å². The molecule has 4 aromatic carbocycles. The third-order valence-corrected chi connectivity index (χ3v) is 11.0. The van der Waals surface area contributed by atoms with Gasteiger partial charge in [0, 0.05) is 47.6 Å². The van der Waals surface area contributed by atoms with E-state index in [1.54, 1.807) is 22.3 Å². The maximum Gasteiger partial charge on any atom is 0.0397 e. The van der Waals surface area contributed by atoms with Crippen LogP contribution in [0.5, 0.6) is 0 Å². The van der Waals surface area contributed by atoms with E-state index < -0.39 is 0 Å². The van der Waals surface area contributed by atoms with Gasteiger partial charge in [0.1, 0.15) is 0 Å². The average Bonchev–Trinajstić information content (AvgIpc) is 3.57. The van der Waals surface area contributed by atoms with Gasteiger partial charge < -0.3 is 0 Å². The van der Waals surface area contributed by atoms with Crippen molar-refractivity contribution in [3.8, 4) is 22.3 Å². The molecule has 0 fully saturated rings. The van der Waals surface area contributed by atoms with Crippen LogP contribution < -0.4 is 0 Å². The minimum atomic E-state index is 0. The zero-order valence-electron chi connectivity index (χ0n) is 27.0. The maximum atomic E-state index is 2.57. The number of unbranched alkanes of at least 4 members (excludes halogenated alkanes) is 2. The molecule has 2 heteroatoms. The standard InChI is InChI=1S/C42H46Si.Zr/c1-5-7-11-33-25-39-35(31-21-17-29(3)18-22-31)13-9-15-37(39)41(33)27-43-28-42-34(12-8-6-2)26-40-36(14-10-16-38(40)42)32-23-19-30(4)20-24-32;/h9-10,13-26,41-42H,5-8,11-12,27-28H2,1-4H3;. The number of fused-ring (bicyclic) bond motifs is 2. The van der Waals surface area contributed by atoms with Crippen molar-refractivity contribution in [3.05, 3.63) is 129 Å². The fourth-order valence-corrected chi connectivity index (χ4v) is 8.85. The Morgan fingerprint density at radius 3 is 1.34 bits per heavy atom. The molecule has 2 atom stereocenters. The van der Waals surface area contributed by atoms with Crippen molar-refractivity contribution in [1.29, 1.82) is 0 Å². The zero-order chi connectivity index (χ0) is 29.8. The molecule has 2 aliphatic carbocycles. The van der Waals surface area contributed by atoms with Crippen LogP contribution in [0, 0.1) is 13.8 Å². The molecule has 222 valence electrons. The summed E-state index contributed by atoms with van der Waals surface area (Å²) < 4.78 is 0. The molecule has 0 spiro atoms. The third-order valence-electron chi connectivity index (χ3n) is 9.65. The Labute approximate surface area is 288 Å².